The number of aromatic nitrogens is 2. The topological polar surface area (TPSA) is 47.0 Å². The average molecular weight is 255 g/mol. The highest BCUT2D eigenvalue weighted by atomic mass is 32.1. The Hall–Kier alpha value is -0.820. The average Bonchev–Trinajstić information content (AvgIpc) is 2.94. The molecule has 0 aliphatic heterocycles. The third-order valence-corrected chi connectivity index (χ3v) is 3.44. The molecule has 2 aromatic heterocycles. The number of nitrogens with zero attached hydrogens (tertiary/aromatic N) is 2. The van der Waals surface area contributed by atoms with E-state index in [0.29, 0.717) is 0 Å². The summed E-state index contributed by atoms with van der Waals surface area (Å²) in [4.78, 5) is 8.74. The van der Waals surface area contributed by atoms with Crippen molar-refractivity contribution in [3.8, 4) is 11.4 Å². The summed E-state index contributed by atoms with van der Waals surface area (Å²) < 4.78 is 4.96. The number of hydrogen-bond acceptors (Lipinski definition) is 6. The van der Waals surface area contributed by atoms with Crippen LogP contribution in [0.4, 0.5) is 0 Å². The van der Waals surface area contributed by atoms with Crippen molar-refractivity contribution in [3.05, 3.63) is 21.3 Å². The highest BCUT2D eigenvalue weighted by Gasteiger charge is 2.05. The molecule has 0 saturated heterocycles. The Balaban J connectivity index is 1.88. The second-order valence-corrected chi connectivity index (χ2v) is 4.83. The maximum absolute atomic E-state index is 4.96. The molecule has 2 rings (SSSR count). The summed E-state index contributed by atoms with van der Waals surface area (Å²) in [5.41, 5.74) is 3.75. The van der Waals surface area contributed by atoms with E-state index in [-0.39, 0.29) is 0 Å². The fourth-order valence-corrected chi connectivity index (χ4v) is 2.52. The minimum atomic E-state index is 0.727. The first-order valence-corrected chi connectivity index (χ1v) is 6.75. The van der Waals surface area contributed by atoms with E-state index < -0.39 is 0 Å². The molecular weight excluding hydrogens is 242 g/mol. The Bertz CT molecular complexity index is 413. The van der Waals surface area contributed by atoms with E-state index >= 15 is 0 Å². The standard InChI is InChI=1S/C10H13N3OS2/c1-14-3-2-11-4-10-13-9(6-16-10)8-5-15-7-12-8/h5-7,11H,2-4H2,1H3. The lowest BCUT2D eigenvalue weighted by molar-refractivity contribution is 0.199. The van der Waals surface area contributed by atoms with Crippen LogP contribution in [0.25, 0.3) is 11.4 Å². The minimum Gasteiger partial charge on any atom is -0.383 e. The Morgan fingerprint density at radius 2 is 2.31 bits per heavy atom. The van der Waals surface area contributed by atoms with Crippen LogP contribution in [0.1, 0.15) is 5.01 Å². The van der Waals surface area contributed by atoms with Gasteiger partial charge in [-0.25, -0.2) is 9.97 Å². The maximum atomic E-state index is 4.96. The van der Waals surface area contributed by atoms with Gasteiger partial charge < -0.3 is 10.1 Å². The van der Waals surface area contributed by atoms with E-state index in [1.54, 1.807) is 29.8 Å². The van der Waals surface area contributed by atoms with Crippen LogP contribution in [0.5, 0.6) is 0 Å². The summed E-state index contributed by atoms with van der Waals surface area (Å²) in [6.07, 6.45) is 0. The van der Waals surface area contributed by atoms with Crippen LogP contribution < -0.4 is 5.32 Å². The molecule has 0 bridgehead atoms. The van der Waals surface area contributed by atoms with Crippen molar-refractivity contribution in [2.45, 2.75) is 6.54 Å². The van der Waals surface area contributed by atoms with Gasteiger partial charge >= 0.3 is 0 Å². The molecule has 1 N–H and O–H groups in total. The first-order valence-electron chi connectivity index (χ1n) is 4.93. The maximum Gasteiger partial charge on any atom is 0.107 e. The van der Waals surface area contributed by atoms with Crippen LogP contribution in [0.15, 0.2) is 16.3 Å². The van der Waals surface area contributed by atoms with Gasteiger partial charge in [0.05, 0.1) is 12.1 Å². The molecule has 0 atom stereocenters. The van der Waals surface area contributed by atoms with Crippen molar-refractivity contribution in [1.82, 2.24) is 15.3 Å². The summed E-state index contributed by atoms with van der Waals surface area (Å²) in [7, 11) is 1.70. The van der Waals surface area contributed by atoms with E-state index in [0.717, 1.165) is 36.1 Å². The van der Waals surface area contributed by atoms with Crippen LogP contribution in [0.3, 0.4) is 0 Å². The van der Waals surface area contributed by atoms with E-state index in [2.05, 4.69) is 15.3 Å². The fourth-order valence-electron chi connectivity index (χ4n) is 1.22. The zero-order valence-corrected chi connectivity index (χ0v) is 10.6. The molecule has 2 aromatic rings. The van der Waals surface area contributed by atoms with Gasteiger partial charge in [-0.3, -0.25) is 0 Å². The van der Waals surface area contributed by atoms with E-state index in [1.165, 1.54) is 0 Å². The third-order valence-electron chi connectivity index (χ3n) is 2.01. The predicted octanol–water partition coefficient (Wildman–Crippen LogP) is 2.00. The molecule has 0 aromatic carbocycles. The second-order valence-electron chi connectivity index (χ2n) is 3.17. The number of thiazole rings is 2. The summed E-state index contributed by atoms with van der Waals surface area (Å²) in [5.74, 6) is 0. The van der Waals surface area contributed by atoms with Crippen molar-refractivity contribution >= 4 is 22.7 Å². The molecule has 0 aliphatic carbocycles. The highest BCUT2D eigenvalue weighted by molar-refractivity contribution is 7.10. The van der Waals surface area contributed by atoms with Gasteiger partial charge in [0.15, 0.2) is 0 Å². The number of methoxy groups -OCH3 is 1. The Morgan fingerprint density at radius 1 is 1.38 bits per heavy atom. The first kappa shape index (κ1) is 11.7. The van der Waals surface area contributed by atoms with Gasteiger partial charge in [0.2, 0.25) is 0 Å². The number of rotatable bonds is 6. The van der Waals surface area contributed by atoms with Gasteiger partial charge in [-0.05, 0) is 0 Å². The van der Waals surface area contributed by atoms with Crippen LogP contribution in [-0.4, -0.2) is 30.2 Å². The lowest BCUT2D eigenvalue weighted by Gasteiger charge is -1.99. The first-order chi connectivity index (χ1) is 7.90. The zero-order chi connectivity index (χ0) is 11.2. The highest BCUT2D eigenvalue weighted by Crippen LogP contribution is 2.21. The Kier molecular flexibility index (Phi) is 4.41. The van der Waals surface area contributed by atoms with Crippen molar-refractivity contribution in [2.75, 3.05) is 20.3 Å². The largest absolute Gasteiger partial charge is 0.383 e. The Labute approximate surface area is 102 Å². The molecule has 0 aliphatic rings. The van der Waals surface area contributed by atoms with Gasteiger partial charge in [0.1, 0.15) is 16.4 Å². The molecule has 0 radical (unpaired) electrons. The lowest BCUT2D eigenvalue weighted by atomic mass is 10.4. The molecule has 2 heterocycles. The number of ether oxygens (including phenoxy) is 1. The molecule has 4 nitrogen and oxygen atoms in total. The van der Waals surface area contributed by atoms with Crippen molar-refractivity contribution in [3.63, 3.8) is 0 Å². The van der Waals surface area contributed by atoms with E-state index in [1.807, 2.05) is 16.3 Å². The summed E-state index contributed by atoms with van der Waals surface area (Å²) in [6, 6.07) is 0. The number of hydrogen-bond donors (Lipinski definition) is 1. The Morgan fingerprint density at radius 3 is 3.06 bits per heavy atom. The van der Waals surface area contributed by atoms with Crippen LogP contribution in [-0.2, 0) is 11.3 Å². The van der Waals surface area contributed by atoms with Gasteiger partial charge in [-0.1, -0.05) is 0 Å². The van der Waals surface area contributed by atoms with Crippen LogP contribution in [0.2, 0.25) is 0 Å². The minimum absolute atomic E-state index is 0.727. The summed E-state index contributed by atoms with van der Waals surface area (Å²) in [5, 5.41) is 8.40. The molecule has 86 valence electrons. The summed E-state index contributed by atoms with van der Waals surface area (Å²) in [6.45, 7) is 2.37. The van der Waals surface area contributed by atoms with Gasteiger partial charge in [0, 0.05) is 31.0 Å². The summed E-state index contributed by atoms with van der Waals surface area (Å²) >= 11 is 3.25. The third kappa shape index (κ3) is 3.08. The van der Waals surface area contributed by atoms with Gasteiger partial charge in [-0.15, -0.1) is 22.7 Å². The van der Waals surface area contributed by atoms with E-state index in [9.17, 15) is 0 Å². The van der Waals surface area contributed by atoms with E-state index in [4.69, 9.17) is 4.74 Å². The number of nitrogens with one attached hydrogen (secondary N) is 1. The zero-order valence-electron chi connectivity index (χ0n) is 8.97. The predicted molar refractivity (Wildman–Crippen MR) is 66.8 cm³/mol. The van der Waals surface area contributed by atoms with Gasteiger partial charge in [0.25, 0.3) is 0 Å². The molecule has 0 spiro atoms. The van der Waals surface area contributed by atoms with Crippen LogP contribution >= 0.6 is 22.7 Å². The molecule has 0 unspecified atom stereocenters. The van der Waals surface area contributed by atoms with Crippen LogP contribution in [0, 0.1) is 0 Å². The quantitative estimate of drug-likeness (QED) is 0.802. The smallest absolute Gasteiger partial charge is 0.107 e. The van der Waals surface area contributed by atoms with Crippen molar-refractivity contribution < 1.29 is 4.74 Å². The van der Waals surface area contributed by atoms with Crippen molar-refractivity contribution in [1.29, 1.82) is 0 Å². The molecule has 0 fully saturated rings. The fraction of sp³-hybridized carbons (Fsp3) is 0.400. The molecule has 0 saturated carbocycles. The lowest BCUT2D eigenvalue weighted by Crippen LogP contribution is -2.18. The molecular formula is C10H13N3OS2. The normalized spacial score (nSPS) is 10.8. The molecule has 0 amide bonds. The SMILES string of the molecule is COCCNCc1nc(-c2cscn2)cs1. The molecule has 16 heavy (non-hydrogen) atoms. The second kappa shape index (κ2) is 6.05. The van der Waals surface area contributed by atoms with Gasteiger partial charge in [-0.2, -0.15) is 0 Å². The molecule has 6 heteroatoms. The monoisotopic (exact) mass is 255 g/mol. The van der Waals surface area contributed by atoms with Crippen molar-refractivity contribution in [2.24, 2.45) is 0 Å².